The molecule has 0 saturated carbocycles. The molecule has 25 heteroatoms. The van der Waals surface area contributed by atoms with Crippen LogP contribution in [0.2, 0.25) is 0 Å². The molecule has 90 heavy (non-hydrogen) atoms. The van der Waals surface area contributed by atoms with E-state index in [1.807, 2.05) is 13.8 Å². The van der Waals surface area contributed by atoms with E-state index in [0.29, 0.717) is 96.3 Å². The van der Waals surface area contributed by atoms with E-state index >= 15 is 0 Å². The van der Waals surface area contributed by atoms with Crippen molar-refractivity contribution in [3.63, 3.8) is 0 Å². The summed E-state index contributed by atoms with van der Waals surface area (Å²) in [5.74, 6) is -5.11. The molecule has 504 valence electrons. The first-order chi connectivity index (χ1) is 43.1. The fraction of sp³-hybridized carbons (Fsp3) is 0.954. The second-order valence-corrected chi connectivity index (χ2v) is 30.5. The lowest BCUT2D eigenvalue weighted by atomic mass is 9.74. The Morgan fingerprint density at radius 3 is 1.94 bits per heavy atom. The predicted molar refractivity (Wildman–Crippen MR) is 301 cm³/mol. The van der Waals surface area contributed by atoms with E-state index in [1.54, 1.807) is 0 Å². The number of carbonyl (C=O) groups is 3. The average Bonchev–Trinajstić information content (AvgIpc) is 1.53. The molecule has 17 saturated heterocycles. The number of fused-ring (bicyclic) bond motifs is 11. The maximum absolute atomic E-state index is 14.7. The van der Waals surface area contributed by atoms with E-state index < -0.39 is 163 Å². The molecular weight excluding hydrogens is 1180 g/mol. The molecule has 17 fully saturated rings. The summed E-state index contributed by atoms with van der Waals surface area (Å²) in [5, 5.41) is 46.2. The van der Waals surface area contributed by atoms with Gasteiger partial charge < -0.3 is 106 Å². The highest BCUT2D eigenvalue weighted by Gasteiger charge is 2.70. The SMILES string of the molecule is CC(=O)OCC(OC(C)=O)C1C[C@H]2O[C@@H]3[C@H](C[C@H]2O1)O[C@@]1(C[C@@H]3C)C[C@H](C)[C@@H]2O[C@]3(C[C@@H]2O1)C[C@H]1O[C@H]2[C@H](C)[C@H]4OC(=O)C[C@H]5CC[C@H]6OC7[C@H]8O[C@]9(CC[C@H]%10CC(O)(CO)[C@H](CC[C@H]%11C[C@@H](C)C(O)(CO)[C@@H](C[C@@H]4O[C@H]2C[C@H]1O3)O%11)O%10)C[C@@H]8O[C@@H]7[C@@H](O9)[C@H]6O5. The summed E-state index contributed by atoms with van der Waals surface area (Å²) in [5.41, 5.74) is -3.18. The van der Waals surface area contributed by atoms with Crippen LogP contribution in [0, 0.1) is 23.7 Å². The Kier molecular flexibility index (Phi) is 16.1. The zero-order valence-corrected chi connectivity index (χ0v) is 52.5. The Balaban J connectivity index is 0.625. The highest BCUT2D eigenvalue weighted by atomic mass is 16.8. The summed E-state index contributed by atoms with van der Waals surface area (Å²) in [6, 6.07) is 0. The number of carbonyl (C=O) groups excluding carboxylic acids is 3. The zero-order chi connectivity index (χ0) is 62.1. The summed E-state index contributed by atoms with van der Waals surface area (Å²) in [6.07, 6.45) is -4.51. The van der Waals surface area contributed by atoms with Crippen LogP contribution in [0.5, 0.6) is 0 Å². The van der Waals surface area contributed by atoms with Crippen LogP contribution in [-0.2, 0) is 99.6 Å². The number of aliphatic hydroxyl groups excluding tert-OH is 2. The molecule has 4 N–H and O–H groups in total. The van der Waals surface area contributed by atoms with Crippen LogP contribution in [0.3, 0.4) is 0 Å². The predicted octanol–water partition coefficient (Wildman–Crippen LogP) is 2.81. The topological polar surface area (TPSA) is 298 Å². The van der Waals surface area contributed by atoms with E-state index in [2.05, 4.69) is 13.8 Å². The maximum Gasteiger partial charge on any atom is 0.308 e. The first-order valence-corrected chi connectivity index (χ1v) is 34.2. The van der Waals surface area contributed by atoms with E-state index in [0.717, 1.165) is 0 Å². The van der Waals surface area contributed by atoms with Gasteiger partial charge in [-0.15, -0.1) is 0 Å². The molecule has 5 unspecified atom stereocenters. The smallest absolute Gasteiger partial charge is 0.308 e. The Hall–Kier alpha value is -2.35. The van der Waals surface area contributed by atoms with Gasteiger partial charge in [0.1, 0.15) is 60.5 Å². The highest BCUT2D eigenvalue weighted by Crippen LogP contribution is 2.58. The molecule has 0 aliphatic carbocycles. The van der Waals surface area contributed by atoms with E-state index in [9.17, 15) is 34.8 Å². The second kappa shape index (κ2) is 23.2. The van der Waals surface area contributed by atoms with Crippen LogP contribution in [0.1, 0.15) is 157 Å². The quantitative estimate of drug-likeness (QED) is 0.220. The summed E-state index contributed by atoms with van der Waals surface area (Å²) < 4.78 is 121. The van der Waals surface area contributed by atoms with Crippen molar-refractivity contribution in [2.24, 2.45) is 23.7 Å². The highest BCUT2D eigenvalue weighted by molar-refractivity contribution is 5.70. The van der Waals surface area contributed by atoms with Gasteiger partial charge in [-0.25, -0.2) is 0 Å². The Labute approximate surface area is 524 Å². The van der Waals surface area contributed by atoms with Gasteiger partial charge in [-0.05, 0) is 56.3 Å². The van der Waals surface area contributed by atoms with Gasteiger partial charge in [0.25, 0.3) is 0 Å². The van der Waals surface area contributed by atoms with Crippen LogP contribution in [0.4, 0.5) is 0 Å². The largest absolute Gasteiger partial charge is 0.462 e. The second-order valence-electron chi connectivity index (χ2n) is 30.5. The molecule has 17 rings (SSSR count). The van der Waals surface area contributed by atoms with Gasteiger partial charge in [-0.3, -0.25) is 14.4 Å². The molecule has 17 aliphatic rings. The van der Waals surface area contributed by atoms with Gasteiger partial charge >= 0.3 is 17.9 Å². The molecular formula is C65H94O25. The van der Waals surface area contributed by atoms with E-state index in [-0.39, 0.29) is 105 Å². The van der Waals surface area contributed by atoms with Crippen LogP contribution in [-0.4, -0.2) is 245 Å². The molecule has 35 atom stereocenters. The minimum absolute atomic E-state index is 0.0333. The normalized spacial score (nSPS) is 56.8. The molecule has 0 amide bonds. The third kappa shape index (κ3) is 10.8. The molecule has 17 heterocycles. The van der Waals surface area contributed by atoms with Gasteiger partial charge in [0.15, 0.2) is 23.5 Å². The van der Waals surface area contributed by atoms with Gasteiger partial charge in [0, 0.05) is 90.4 Å². The maximum atomic E-state index is 14.7. The monoisotopic (exact) mass is 1270 g/mol. The molecule has 0 aromatic heterocycles. The van der Waals surface area contributed by atoms with Crippen molar-refractivity contribution >= 4 is 17.9 Å². The average molecular weight is 1280 g/mol. The van der Waals surface area contributed by atoms with Crippen LogP contribution in [0.25, 0.3) is 0 Å². The number of hydrogen-bond donors (Lipinski definition) is 4. The Morgan fingerprint density at radius 2 is 1.14 bits per heavy atom. The Bertz CT molecular complexity index is 2710. The van der Waals surface area contributed by atoms with Crippen LogP contribution < -0.4 is 0 Å². The lowest BCUT2D eigenvalue weighted by Gasteiger charge is -2.54. The van der Waals surface area contributed by atoms with Crippen molar-refractivity contribution in [3.8, 4) is 0 Å². The van der Waals surface area contributed by atoms with Crippen molar-refractivity contribution in [1.82, 2.24) is 0 Å². The van der Waals surface area contributed by atoms with Crippen molar-refractivity contribution < 1.29 is 120 Å². The van der Waals surface area contributed by atoms with E-state index in [4.69, 9.17) is 85.3 Å². The van der Waals surface area contributed by atoms with Gasteiger partial charge in [0.05, 0.1) is 130 Å². The molecule has 17 aliphatic heterocycles. The fourth-order valence-electron chi connectivity index (χ4n) is 20.1. The fourth-order valence-corrected chi connectivity index (χ4v) is 20.1. The number of hydrogen-bond acceptors (Lipinski definition) is 25. The summed E-state index contributed by atoms with van der Waals surface area (Å²) in [4.78, 5) is 38.5. The summed E-state index contributed by atoms with van der Waals surface area (Å²) >= 11 is 0. The molecule has 25 nitrogen and oxygen atoms in total. The van der Waals surface area contributed by atoms with Crippen molar-refractivity contribution in [3.05, 3.63) is 0 Å². The molecule has 12 bridgehead atoms. The third-order valence-electron chi connectivity index (χ3n) is 24.3. The van der Waals surface area contributed by atoms with Crippen molar-refractivity contribution in [2.45, 2.75) is 344 Å². The third-order valence-corrected chi connectivity index (χ3v) is 24.3. The zero-order valence-electron chi connectivity index (χ0n) is 52.5. The van der Waals surface area contributed by atoms with Crippen LogP contribution >= 0.6 is 0 Å². The molecule has 3 spiro atoms. The summed E-state index contributed by atoms with van der Waals surface area (Å²) in [6.45, 7) is 9.74. The molecule has 0 aromatic rings. The van der Waals surface area contributed by atoms with Gasteiger partial charge in [-0.1, -0.05) is 27.7 Å². The minimum atomic E-state index is -1.68. The minimum Gasteiger partial charge on any atom is -0.462 e. The summed E-state index contributed by atoms with van der Waals surface area (Å²) in [7, 11) is 0. The number of esters is 3. The number of rotatable bonds is 6. The van der Waals surface area contributed by atoms with Gasteiger partial charge in [-0.2, -0.15) is 0 Å². The molecule has 0 aromatic carbocycles. The standard InChI is InChI=1S/C65H94O25/c1-28-19-63(86-44-16-38-39(81-52(28)44)15-40(78-38)48(74-33(6)69)25-73-32(5)68)20-29(2)53-47(87-63)24-64(88-53)22-45-41(85-64)17-42-54(82-45)31(4)55-43(79-42)18-50-65(72,27-67)30(3)13-34(75-50)8-10-49-61(71,26-66)21-36(76-49)11-12-62-23-46-57(89-62)58-59(83-46)60(90-62)56-37(80-58)9-7-35(77-56)14-51(70)84-55/h28-31,34-50,52-60,66-67,71-72H,7-27H2,1-6H3/t28-,29-,30+,31-,34-,35+,36-,37+,38+,39+,40?,41+,42-,43-,44-,45+,46-,47-,48?,49-,50+,52-,53-,54-,55+,56-,57-,58?,59-,60-,61?,62-,63+,64-,65?/m0/s1. The lowest BCUT2D eigenvalue weighted by molar-refractivity contribution is -0.369. The Morgan fingerprint density at radius 1 is 0.489 bits per heavy atom. The van der Waals surface area contributed by atoms with Gasteiger partial charge in [0.2, 0.25) is 0 Å². The first-order valence-electron chi connectivity index (χ1n) is 34.2. The van der Waals surface area contributed by atoms with E-state index in [1.165, 1.54) is 13.8 Å². The van der Waals surface area contributed by atoms with Crippen molar-refractivity contribution in [1.29, 1.82) is 0 Å². The number of aliphatic hydroxyl groups is 4. The lowest BCUT2D eigenvalue weighted by Crippen LogP contribution is -2.63. The first kappa shape index (κ1) is 62.5. The number of ether oxygens (including phenoxy) is 18. The van der Waals surface area contributed by atoms with Crippen molar-refractivity contribution in [2.75, 3.05) is 19.8 Å². The molecule has 0 radical (unpaired) electrons. The van der Waals surface area contributed by atoms with Crippen LogP contribution in [0.15, 0.2) is 0 Å².